The maximum Gasteiger partial charge on any atom is 0.335 e. The molecule has 0 aliphatic carbocycles. The maximum atomic E-state index is 10.7. The summed E-state index contributed by atoms with van der Waals surface area (Å²) in [6.45, 7) is 7.19. The Morgan fingerprint density at radius 3 is 2.18 bits per heavy atom. The predicted molar refractivity (Wildman–Crippen MR) is 65.6 cm³/mol. The number of carboxylic acid groups (broad SMARTS) is 1. The fourth-order valence-corrected chi connectivity index (χ4v) is 1.05. The molecule has 0 spiro atoms. The molecule has 98 valence electrons. The highest BCUT2D eigenvalue weighted by Crippen LogP contribution is 2.07. The number of allylic oxidation sites excluding steroid dienone is 3. The van der Waals surface area contributed by atoms with Crippen LogP contribution in [0.2, 0.25) is 0 Å². The first-order chi connectivity index (χ1) is 8.01. The molecular formula is C11H17O5S-. The lowest BCUT2D eigenvalue weighted by atomic mass is 10.2. The molecule has 6 heteroatoms. The Kier molecular flexibility index (Phi) is 11.7. The van der Waals surface area contributed by atoms with Crippen molar-refractivity contribution in [3.05, 3.63) is 35.6 Å². The van der Waals surface area contributed by atoms with Gasteiger partial charge in [0.1, 0.15) is 17.1 Å². The first kappa shape index (κ1) is 18.0. The molecule has 5 nitrogen and oxygen atoms in total. The molecular weight excluding hydrogens is 244 g/mol. The van der Waals surface area contributed by atoms with Crippen LogP contribution in [-0.4, -0.2) is 19.8 Å². The largest absolute Gasteiger partial charge is 0.740 e. The van der Waals surface area contributed by atoms with E-state index in [1.165, 1.54) is 25.2 Å². The molecule has 1 N–H and O–H groups in total. The van der Waals surface area contributed by atoms with Gasteiger partial charge in [-0.15, -0.1) is 0 Å². The Morgan fingerprint density at radius 2 is 1.88 bits per heavy atom. The molecule has 0 fully saturated rings. The minimum atomic E-state index is -2.71. The lowest BCUT2D eigenvalue weighted by Crippen LogP contribution is -2.00. The molecule has 0 aromatic rings. The lowest BCUT2D eigenvalue weighted by Gasteiger charge is -2.07. The monoisotopic (exact) mass is 261 g/mol. The third kappa shape index (κ3) is 9.52. The Morgan fingerprint density at radius 1 is 1.35 bits per heavy atom. The zero-order chi connectivity index (χ0) is 13.8. The van der Waals surface area contributed by atoms with Crippen LogP contribution >= 0.6 is 0 Å². The van der Waals surface area contributed by atoms with E-state index in [4.69, 9.17) is 5.11 Å². The molecule has 0 bridgehead atoms. The van der Waals surface area contributed by atoms with E-state index < -0.39 is 17.3 Å². The van der Waals surface area contributed by atoms with Crippen molar-refractivity contribution in [2.75, 3.05) is 0 Å². The van der Waals surface area contributed by atoms with Gasteiger partial charge in [-0.05, 0) is 26.0 Å². The average Bonchev–Trinajstić information content (AvgIpc) is 2.29. The normalized spacial score (nSPS) is 13.9. The average molecular weight is 261 g/mol. The van der Waals surface area contributed by atoms with E-state index in [0.717, 1.165) is 6.08 Å². The van der Waals surface area contributed by atoms with Crippen LogP contribution in [0.5, 0.6) is 0 Å². The lowest BCUT2D eigenvalue weighted by molar-refractivity contribution is -0.132. The van der Waals surface area contributed by atoms with E-state index in [0.29, 0.717) is 0 Å². The number of hydrogen-bond acceptors (Lipinski definition) is 4. The molecule has 0 aromatic heterocycles. The zero-order valence-electron chi connectivity index (χ0n) is 10.3. The van der Waals surface area contributed by atoms with Gasteiger partial charge < -0.3 is 13.8 Å². The van der Waals surface area contributed by atoms with Crippen LogP contribution in [0, 0.1) is 0 Å². The summed E-state index contributed by atoms with van der Waals surface area (Å²) in [4.78, 5) is 10.7. The second-order valence-electron chi connectivity index (χ2n) is 2.38. The van der Waals surface area contributed by atoms with Gasteiger partial charge in [0, 0.05) is 0 Å². The molecule has 0 amide bonds. The van der Waals surface area contributed by atoms with Crippen molar-refractivity contribution in [2.24, 2.45) is 0 Å². The Hall–Kier alpha value is -1.40. The van der Waals surface area contributed by atoms with E-state index in [-0.39, 0.29) is 11.3 Å². The second kappa shape index (κ2) is 11.1. The zero-order valence-corrected chi connectivity index (χ0v) is 11.1. The topological polar surface area (TPSA) is 86.7 Å². The van der Waals surface area contributed by atoms with Crippen LogP contribution in [0.15, 0.2) is 35.6 Å². The molecule has 0 saturated carbocycles. The van der Waals surface area contributed by atoms with Crippen molar-refractivity contribution in [3.63, 3.8) is 0 Å². The van der Waals surface area contributed by atoms with Gasteiger partial charge >= 0.3 is 5.97 Å². The third-order valence-corrected chi connectivity index (χ3v) is 1.67. The van der Waals surface area contributed by atoms with Crippen LogP contribution < -0.4 is 0 Å². The van der Waals surface area contributed by atoms with Gasteiger partial charge in [0.25, 0.3) is 0 Å². The summed E-state index contributed by atoms with van der Waals surface area (Å²) >= 11 is -2.71. The van der Waals surface area contributed by atoms with E-state index in [1.807, 2.05) is 13.8 Å². The molecule has 0 aliphatic heterocycles. The SMILES string of the molecule is CC.C\C=C/C(=C\C(=C/C)OS(=O)[O-])C(=O)O. The van der Waals surface area contributed by atoms with Crippen molar-refractivity contribution in [1.29, 1.82) is 0 Å². The van der Waals surface area contributed by atoms with Crippen molar-refractivity contribution in [1.82, 2.24) is 0 Å². The molecule has 17 heavy (non-hydrogen) atoms. The summed E-state index contributed by atoms with van der Waals surface area (Å²) in [5.74, 6) is -1.20. The van der Waals surface area contributed by atoms with E-state index in [9.17, 15) is 13.6 Å². The van der Waals surface area contributed by atoms with Crippen molar-refractivity contribution in [2.45, 2.75) is 27.7 Å². The van der Waals surface area contributed by atoms with Gasteiger partial charge in [0.05, 0.1) is 5.57 Å². The highest BCUT2D eigenvalue weighted by Gasteiger charge is 2.04. The maximum absolute atomic E-state index is 10.7. The highest BCUT2D eigenvalue weighted by atomic mass is 32.2. The summed E-state index contributed by atoms with van der Waals surface area (Å²) < 4.78 is 24.8. The van der Waals surface area contributed by atoms with Gasteiger partial charge in [0.15, 0.2) is 0 Å². The van der Waals surface area contributed by atoms with E-state index in [2.05, 4.69) is 4.18 Å². The molecule has 0 rings (SSSR count). The molecule has 0 heterocycles. The van der Waals surface area contributed by atoms with E-state index >= 15 is 0 Å². The van der Waals surface area contributed by atoms with Gasteiger partial charge in [-0.1, -0.05) is 26.0 Å². The number of hydrogen-bond donors (Lipinski definition) is 1. The fourth-order valence-electron chi connectivity index (χ4n) is 0.748. The van der Waals surface area contributed by atoms with Crippen LogP contribution in [0.1, 0.15) is 27.7 Å². The highest BCUT2D eigenvalue weighted by molar-refractivity contribution is 7.74. The van der Waals surface area contributed by atoms with Crippen molar-refractivity contribution < 1.29 is 22.8 Å². The van der Waals surface area contributed by atoms with Gasteiger partial charge in [-0.2, -0.15) is 0 Å². The smallest absolute Gasteiger partial charge is 0.335 e. The first-order valence-electron chi connectivity index (χ1n) is 5.02. The Bertz CT molecular complexity index is 342. The van der Waals surface area contributed by atoms with Gasteiger partial charge in [-0.3, -0.25) is 0 Å². The first-order valence-corrected chi connectivity index (χ1v) is 6.02. The second-order valence-corrected chi connectivity index (χ2v) is 2.96. The molecule has 1 atom stereocenters. The summed E-state index contributed by atoms with van der Waals surface area (Å²) in [6.07, 6.45) is 5.34. The number of carboxylic acids is 1. The molecule has 0 aliphatic rings. The third-order valence-electron chi connectivity index (χ3n) is 1.34. The Balaban J connectivity index is 0. The molecule has 0 radical (unpaired) electrons. The fraction of sp³-hybridized carbons (Fsp3) is 0.364. The number of rotatable bonds is 5. The number of carbonyl (C=O) groups is 1. The summed E-state index contributed by atoms with van der Waals surface area (Å²) in [5, 5.41) is 8.73. The van der Waals surface area contributed by atoms with Crippen molar-refractivity contribution >= 4 is 17.3 Å². The quantitative estimate of drug-likeness (QED) is 0.355. The predicted octanol–water partition coefficient (Wildman–Crippen LogP) is 2.31. The van der Waals surface area contributed by atoms with Crippen LogP contribution in [-0.2, 0) is 20.3 Å². The Labute approximate surface area is 104 Å². The van der Waals surface area contributed by atoms with Crippen LogP contribution in [0.3, 0.4) is 0 Å². The standard InChI is InChI=1S/C9H12O5S.C2H6/c1-3-5-7(9(10)11)6-8(4-2)14-15(12)13;1-2/h3-6H,1-2H3,(H,10,11)(H,12,13);1-2H3/p-1/b5-3-,7-6+,8-4+;. The summed E-state index contributed by atoms with van der Waals surface area (Å²) in [5.41, 5.74) is -0.0592. The minimum Gasteiger partial charge on any atom is -0.740 e. The van der Waals surface area contributed by atoms with Crippen LogP contribution in [0.4, 0.5) is 0 Å². The minimum absolute atomic E-state index is 0.0427. The van der Waals surface area contributed by atoms with E-state index in [1.54, 1.807) is 6.92 Å². The molecule has 1 unspecified atom stereocenters. The number of aliphatic carboxylic acids is 1. The van der Waals surface area contributed by atoms with Crippen molar-refractivity contribution in [3.8, 4) is 0 Å². The van der Waals surface area contributed by atoms with Gasteiger partial charge in [0.2, 0.25) is 0 Å². The molecule has 0 saturated heterocycles. The summed E-state index contributed by atoms with van der Waals surface area (Å²) in [7, 11) is 0. The summed E-state index contributed by atoms with van der Waals surface area (Å²) in [6, 6.07) is 0. The molecule has 0 aromatic carbocycles. The van der Waals surface area contributed by atoms with Crippen LogP contribution in [0.25, 0.3) is 0 Å². The van der Waals surface area contributed by atoms with Gasteiger partial charge in [-0.25, -0.2) is 9.00 Å².